The number of hydrogen-bond donors (Lipinski definition) is 0. The van der Waals surface area contributed by atoms with E-state index in [0.29, 0.717) is 0 Å². The molecule has 0 bridgehead atoms. The average Bonchev–Trinajstić information content (AvgIpc) is 3.35. The molecule has 0 saturated carbocycles. The zero-order valence-electron chi connectivity index (χ0n) is 19.3. The Labute approximate surface area is 199 Å². The van der Waals surface area contributed by atoms with Crippen molar-refractivity contribution in [1.82, 2.24) is 9.13 Å². The van der Waals surface area contributed by atoms with Crippen LogP contribution in [-0.4, -0.2) is 9.13 Å². The molecule has 0 aliphatic carbocycles. The molecule has 164 valence electrons. The van der Waals surface area contributed by atoms with Crippen molar-refractivity contribution in [3.05, 3.63) is 127 Å². The molecule has 6 aromatic rings. The van der Waals surface area contributed by atoms with E-state index in [1.807, 2.05) is 12.2 Å². The van der Waals surface area contributed by atoms with Crippen molar-refractivity contribution in [2.75, 3.05) is 0 Å². The SMILES string of the molecule is C=Cc1ccc(Cn2c(C)c(C=C)c3cc(-n4c5ccccc5c5ccccc54)ccc32)cc1. The maximum Gasteiger partial charge on any atom is 0.0541 e. The summed E-state index contributed by atoms with van der Waals surface area (Å²) in [6.45, 7) is 11.0. The second kappa shape index (κ2) is 7.93. The second-order valence-electron chi connectivity index (χ2n) is 8.81. The molecule has 0 N–H and O–H groups in total. The van der Waals surface area contributed by atoms with Gasteiger partial charge in [-0.25, -0.2) is 0 Å². The van der Waals surface area contributed by atoms with Crippen molar-refractivity contribution in [2.24, 2.45) is 0 Å². The summed E-state index contributed by atoms with van der Waals surface area (Å²) >= 11 is 0. The number of rotatable bonds is 5. The molecular formula is C32H26N2. The van der Waals surface area contributed by atoms with Crippen LogP contribution in [0, 0.1) is 6.92 Å². The third-order valence-corrected chi connectivity index (χ3v) is 6.95. The van der Waals surface area contributed by atoms with Crippen LogP contribution in [0.4, 0.5) is 0 Å². The Hall–Kier alpha value is -4.30. The van der Waals surface area contributed by atoms with Crippen LogP contribution in [0.2, 0.25) is 0 Å². The van der Waals surface area contributed by atoms with E-state index in [1.54, 1.807) is 0 Å². The predicted octanol–water partition coefficient (Wildman–Crippen LogP) is 8.38. The molecule has 34 heavy (non-hydrogen) atoms. The molecule has 0 radical (unpaired) electrons. The lowest BCUT2D eigenvalue weighted by Gasteiger charge is -2.11. The highest BCUT2D eigenvalue weighted by molar-refractivity contribution is 6.09. The van der Waals surface area contributed by atoms with Gasteiger partial charge in [0, 0.05) is 45.2 Å². The molecule has 0 saturated heterocycles. The molecule has 4 aromatic carbocycles. The lowest BCUT2D eigenvalue weighted by Crippen LogP contribution is -2.02. The van der Waals surface area contributed by atoms with Crippen LogP contribution in [0.5, 0.6) is 0 Å². The molecule has 0 spiro atoms. The predicted molar refractivity (Wildman–Crippen MR) is 147 cm³/mol. The van der Waals surface area contributed by atoms with E-state index in [-0.39, 0.29) is 0 Å². The van der Waals surface area contributed by atoms with Gasteiger partial charge in [0.1, 0.15) is 0 Å². The largest absolute Gasteiger partial charge is 0.340 e. The molecule has 2 heterocycles. The number of hydrogen-bond acceptors (Lipinski definition) is 0. The van der Waals surface area contributed by atoms with Gasteiger partial charge in [-0.15, -0.1) is 0 Å². The van der Waals surface area contributed by atoms with Crippen molar-refractivity contribution in [3.63, 3.8) is 0 Å². The first kappa shape index (κ1) is 20.3. The zero-order chi connectivity index (χ0) is 23.2. The smallest absolute Gasteiger partial charge is 0.0541 e. The lowest BCUT2D eigenvalue weighted by molar-refractivity contribution is 0.804. The maximum atomic E-state index is 4.15. The summed E-state index contributed by atoms with van der Waals surface area (Å²) in [7, 11) is 0. The highest BCUT2D eigenvalue weighted by Gasteiger charge is 2.16. The molecule has 0 fully saturated rings. The molecule has 0 aliphatic heterocycles. The first-order chi connectivity index (χ1) is 16.7. The van der Waals surface area contributed by atoms with E-state index in [2.05, 4.69) is 120 Å². The molecule has 2 nitrogen and oxygen atoms in total. The van der Waals surface area contributed by atoms with Crippen LogP contribution in [0.15, 0.2) is 104 Å². The Morgan fingerprint density at radius 2 is 1.32 bits per heavy atom. The van der Waals surface area contributed by atoms with Crippen LogP contribution in [0.3, 0.4) is 0 Å². The summed E-state index contributed by atoms with van der Waals surface area (Å²) in [6, 6.07) is 32.7. The maximum absolute atomic E-state index is 4.15. The molecule has 0 atom stereocenters. The molecule has 6 rings (SSSR count). The summed E-state index contributed by atoms with van der Waals surface area (Å²) in [4.78, 5) is 0. The Balaban J connectivity index is 1.55. The Morgan fingerprint density at radius 3 is 1.94 bits per heavy atom. The van der Waals surface area contributed by atoms with Gasteiger partial charge >= 0.3 is 0 Å². The minimum absolute atomic E-state index is 0.822. The average molecular weight is 439 g/mol. The fourth-order valence-electron chi connectivity index (χ4n) is 5.24. The Kier molecular flexibility index (Phi) is 4.74. The van der Waals surface area contributed by atoms with Gasteiger partial charge in [0.15, 0.2) is 0 Å². The molecule has 0 aliphatic rings. The van der Waals surface area contributed by atoms with E-state index in [1.165, 1.54) is 55.2 Å². The van der Waals surface area contributed by atoms with E-state index in [9.17, 15) is 0 Å². The van der Waals surface area contributed by atoms with Gasteiger partial charge in [0.05, 0.1) is 11.0 Å². The minimum atomic E-state index is 0.822. The van der Waals surface area contributed by atoms with E-state index >= 15 is 0 Å². The molecule has 0 amide bonds. The topological polar surface area (TPSA) is 9.86 Å². The third kappa shape index (κ3) is 3.03. The van der Waals surface area contributed by atoms with Crippen LogP contribution < -0.4 is 0 Å². The quantitative estimate of drug-likeness (QED) is 0.256. The van der Waals surface area contributed by atoms with Crippen molar-refractivity contribution in [1.29, 1.82) is 0 Å². The summed E-state index contributed by atoms with van der Waals surface area (Å²) in [5, 5.41) is 3.78. The van der Waals surface area contributed by atoms with Gasteiger partial charge in [0.2, 0.25) is 0 Å². The molecule has 2 heteroatoms. The Morgan fingerprint density at radius 1 is 0.676 bits per heavy atom. The van der Waals surface area contributed by atoms with Gasteiger partial charge in [-0.2, -0.15) is 0 Å². The van der Waals surface area contributed by atoms with Gasteiger partial charge in [-0.3, -0.25) is 0 Å². The summed E-state index contributed by atoms with van der Waals surface area (Å²) in [5.74, 6) is 0. The third-order valence-electron chi connectivity index (χ3n) is 6.95. The first-order valence-electron chi connectivity index (χ1n) is 11.6. The number of fused-ring (bicyclic) bond motifs is 4. The van der Waals surface area contributed by atoms with Gasteiger partial charge < -0.3 is 9.13 Å². The summed E-state index contributed by atoms with van der Waals surface area (Å²) < 4.78 is 4.77. The fourth-order valence-corrected chi connectivity index (χ4v) is 5.24. The normalized spacial score (nSPS) is 11.4. The highest BCUT2D eigenvalue weighted by atomic mass is 15.0. The van der Waals surface area contributed by atoms with Crippen molar-refractivity contribution in [3.8, 4) is 5.69 Å². The standard InChI is InChI=1S/C32H26N2/c1-4-23-14-16-24(17-15-23)21-33-22(3)26(5-2)29-20-25(18-19-30(29)33)34-31-12-8-6-10-27(31)28-11-7-9-13-32(28)34/h4-20H,1-2,21H2,3H3. The molecule has 0 unspecified atom stereocenters. The fraction of sp³-hybridized carbons (Fsp3) is 0.0625. The van der Waals surface area contributed by atoms with Crippen LogP contribution >= 0.6 is 0 Å². The van der Waals surface area contributed by atoms with E-state index in [0.717, 1.165) is 12.1 Å². The van der Waals surface area contributed by atoms with Crippen molar-refractivity contribution < 1.29 is 0 Å². The number of aromatic nitrogens is 2. The summed E-state index contributed by atoms with van der Waals surface area (Å²) in [6.07, 6.45) is 3.87. The number of para-hydroxylation sites is 2. The molecule has 2 aromatic heterocycles. The number of nitrogens with zero attached hydrogens (tertiary/aromatic N) is 2. The van der Waals surface area contributed by atoms with Crippen molar-refractivity contribution >= 4 is 44.9 Å². The first-order valence-corrected chi connectivity index (χ1v) is 11.6. The highest BCUT2D eigenvalue weighted by Crippen LogP contribution is 2.35. The van der Waals surface area contributed by atoms with Crippen LogP contribution in [0.25, 0.3) is 50.5 Å². The monoisotopic (exact) mass is 438 g/mol. The van der Waals surface area contributed by atoms with Crippen LogP contribution in [-0.2, 0) is 6.54 Å². The van der Waals surface area contributed by atoms with Gasteiger partial charge in [0.25, 0.3) is 0 Å². The van der Waals surface area contributed by atoms with Gasteiger partial charge in [-0.05, 0) is 48.4 Å². The lowest BCUT2D eigenvalue weighted by atomic mass is 10.1. The van der Waals surface area contributed by atoms with E-state index in [4.69, 9.17) is 0 Å². The van der Waals surface area contributed by atoms with E-state index < -0.39 is 0 Å². The second-order valence-corrected chi connectivity index (χ2v) is 8.81. The Bertz CT molecular complexity index is 1650. The van der Waals surface area contributed by atoms with Crippen LogP contribution in [0.1, 0.15) is 22.4 Å². The zero-order valence-corrected chi connectivity index (χ0v) is 19.3. The minimum Gasteiger partial charge on any atom is -0.340 e. The summed E-state index contributed by atoms with van der Waals surface area (Å²) in [5.41, 5.74) is 9.68. The van der Waals surface area contributed by atoms with Crippen molar-refractivity contribution in [2.45, 2.75) is 13.5 Å². The van der Waals surface area contributed by atoms with Gasteiger partial charge in [-0.1, -0.05) is 86.0 Å². The molecular weight excluding hydrogens is 412 g/mol. The number of benzene rings is 4.